The monoisotopic (exact) mass is 183 g/mol. The van der Waals surface area contributed by atoms with E-state index in [1.54, 1.807) is 0 Å². The minimum atomic E-state index is -0.235. The van der Waals surface area contributed by atoms with Crippen molar-refractivity contribution in [1.29, 1.82) is 0 Å². The van der Waals surface area contributed by atoms with Crippen LogP contribution >= 0.6 is 0 Å². The Balaban J connectivity index is 2.61. The fraction of sp³-hybridized carbons (Fsp3) is 0.700. The number of esters is 1. The summed E-state index contributed by atoms with van der Waals surface area (Å²) in [5.41, 5.74) is 0.618. The van der Waals surface area contributed by atoms with Crippen LogP contribution in [0.25, 0.3) is 0 Å². The van der Waals surface area contributed by atoms with Gasteiger partial charge in [0.25, 0.3) is 0 Å². The Bertz CT molecular complexity index is 223. The van der Waals surface area contributed by atoms with Crippen LogP contribution in [-0.4, -0.2) is 19.1 Å². The highest BCUT2D eigenvalue weighted by Crippen LogP contribution is 2.18. The average Bonchev–Trinajstić information content (AvgIpc) is 2.10. The van der Waals surface area contributed by atoms with E-state index in [1.165, 1.54) is 0 Å². The topological polar surface area (TPSA) is 38.3 Å². The van der Waals surface area contributed by atoms with Crippen LogP contribution < -0.4 is 5.32 Å². The number of carbonyl (C=O) groups excluding carboxylic acids is 1. The molecule has 0 bridgehead atoms. The predicted molar refractivity (Wildman–Crippen MR) is 51.0 cm³/mol. The number of hydrogen-bond acceptors (Lipinski definition) is 3. The van der Waals surface area contributed by atoms with Crippen LogP contribution in [0.5, 0.6) is 0 Å². The molecule has 0 aliphatic carbocycles. The Morgan fingerprint density at radius 2 is 2.38 bits per heavy atom. The first-order chi connectivity index (χ1) is 6.15. The molecule has 0 aromatic heterocycles. The van der Waals surface area contributed by atoms with Crippen molar-refractivity contribution in [3.8, 4) is 0 Å². The lowest BCUT2D eigenvalue weighted by Crippen LogP contribution is -2.33. The van der Waals surface area contributed by atoms with E-state index in [9.17, 15) is 4.79 Å². The summed E-state index contributed by atoms with van der Waals surface area (Å²) in [7, 11) is 0. The molecule has 0 saturated carbocycles. The third-order valence-corrected chi connectivity index (χ3v) is 2.44. The van der Waals surface area contributed by atoms with Crippen LogP contribution in [-0.2, 0) is 9.53 Å². The summed E-state index contributed by atoms with van der Waals surface area (Å²) in [5.74, 6) is 0.792. The summed E-state index contributed by atoms with van der Waals surface area (Å²) >= 11 is 0. The molecule has 2 atom stereocenters. The smallest absolute Gasteiger partial charge is 0.354 e. The summed E-state index contributed by atoms with van der Waals surface area (Å²) in [6.07, 6.45) is 1.95. The zero-order chi connectivity index (χ0) is 9.84. The van der Waals surface area contributed by atoms with Crippen molar-refractivity contribution in [2.45, 2.75) is 20.8 Å². The summed E-state index contributed by atoms with van der Waals surface area (Å²) in [6, 6.07) is 0. The largest absolute Gasteiger partial charge is 0.461 e. The van der Waals surface area contributed by atoms with Crippen molar-refractivity contribution in [3.05, 3.63) is 11.8 Å². The third kappa shape index (κ3) is 2.47. The maximum Gasteiger partial charge on any atom is 0.354 e. The molecule has 0 spiro atoms. The van der Waals surface area contributed by atoms with Crippen LogP contribution in [0.2, 0.25) is 0 Å². The number of allylic oxidation sites excluding steroid dienone is 1. The Morgan fingerprint density at radius 1 is 1.69 bits per heavy atom. The molecular formula is C10H17NO2. The number of nitrogens with one attached hydrogen (secondary N) is 1. The van der Waals surface area contributed by atoms with E-state index < -0.39 is 0 Å². The van der Waals surface area contributed by atoms with Gasteiger partial charge in [0.05, 0.1) is 6.61 Å². The van der Waals surface area contributed by atoms with Gasteiger partial charge >= 0.3 is 5.97 Å². The van der Waals surface area contributed by atoms with Crippen LogP contribution in [0, 0.1) is 11.8 Å². The summed E-state index contributed by atoms with van der Waals surface area (Å²) in [4.78, 5) is 11.3. The molecule has 0 aromatic carbocycles. The Morgan fingerprint density at radius 3 is 2.92 bits per heavy atom. The van der Waals surface area contributed by atoms with Crippen molar-refractivity contribution in [2.24, 2.45) is 11.8 Å². The molecule has 0 unspecified atom stereocenters. The number of hydrogen-bond donors (Lipinski definition) is 1. The van der Waals surface area contributed by atoms with Crippen molar-refractivity contribution >= 4 is 5.97 Å². The van der Waals surface area contributed by atoms with Crippen molar-refractivity contribution in [2.75, 3.05) is 13.2 Å². The molecule has 1 aliphatic rings. The van der Waals surface area contributed by atoms with Gasteiger partial charge in [-0.05, 0) is 18.8 Å². The highest BCUT2D eigenvalue weighted by Gasteiger charge is 2.20. The van der Waals surface area contributed by atoms with E-state index in [0.717, 1.165) is 6.54 Å². The standard InChI is InChI=1S/C10H17NO2/c1-4-13-10(12)9-5-7(2)8(3)6-11-9/h5,7-8,11H,4,6H2,1-3H3/t7-,8-/m0/s1. The maximum atomic E-state index is 11.3. The Labute approximate surface area is 79.2 Å². The predicted octanol–water partition coefficient (Wildman–Crippen LogP) is 1.31. The van der Waals surface area contributed by atoms with Crippen LogP contribution in [0.3, 0.4) is 0 Å². The Kier molecular flexibility index (Phi) is 3.34. The van der Waals surface area contributed by atoms with E-state index in [-0.39, 0.29) is 5.97 Å². The number of rotatable bonds is 2. The quantitative estimate of drug-likeness (QED) is 0.656. The minimum absolute atomic E-state index is 0.235. The van der Waals surface area contributed by atoms with E-state index in [1.807, 2.05) is 13.0 Å². The maximum absolute atomic E-state index is 11.3. The van der Waals surface area contributed by atoms with E-state index in [4.69, 9.17) is 4.74 Å². The lowest BCUT2D eigenvalue weighted by Gasteiger charge is -2.25. The molecule has 0 radical (unpaired) electrons. The van der Waals surface area contributed by atoms with Crippen molar-refractivity contribution in [1.82, 2.24) is 5.32 Å². The zero-order valence-corrected chi connectivity index (χ0v) is 8.46. The van der Waals surface area contributed by atoms with Crippen molar-refractivity contribution < 1.29 is 9.53 Å². The average molecular weight is 183 g/mol. The first-order valence-electron chi connectivity index (χ1n) is 4.78. The molecule has 3 heteroatoms. The van der Waals surface area contributed by atoms with Gasteiger partial charge in [0.1, 0.15) is 5.70 Å². The van der Waals surface area contributed by atoms with Gasteiger partial charge in [-0.1, -0.05) is 19.9 Å². The van der Waals surface area contributed by atoms with Crippen LogP contribution in [0.15, 0.2) is 11.8 Å². The van der Waals surface area contributed by atoms with Gasteiger partial charge in [-0.25, -0.2) is 4.79 Å². The second kappa shape index (κ2) is 4.30. The number of ether oxygens (including phenoxy) is 1. The molecule has 0 aromatic rings. The molecule has 3 nitrogen and oxygen atoms in total. The summed E-state index contributed by atoms with van der Waals surface area (Å²) in [5, 5.41) is 3.07. The van der Waals surface area contributed by atoms with E-state index in [2.05, 4.69) is 19.2 Å². The lowest BCUT2D eigenvalue weighted by molar-refractivity contribution is -0.139. The van der Waals surface area contributed by atoms with Gasteiger partial charge in [0.2, 0.25) is 0 Å². The van der Waals surface area contributed by atoms with Crippen molar-refractivity contribution in [3.63, 3.8) is 0 Å². The highest BCUT2D eigenvalue weighted by molar-refractivity contribution is 5.87. The molecule has 74 valence electrons. The highest BCUT2D eigenvalue weighted by atomic mass is 16.5. The molecule has 1 heterocycles. The van der Waals surface area contributed by atoms with E-state index >= 15 is 0 Å². The van der Waals surface area contributed by atoms with Crippen LogP contribution in [0.4, 0.5) is 0 Å². The SMILES string of the molecule is CCOC(=O)C1=C[C@H](C)[C@@H](C)CN1. The van der Waals surface area contributed by atoms with Crippen LogP contribution in [0.1, 0.15) is 20.8 Å². The van der Waals surface area contributed by atoms with Gasteiger partial charge < -0.3 is 10.1 Å². The molecule has 1 N–H and O–H groups in total. The molecule has 1 rings (SSSR count). The zero-order valence-electron chi connectivity index (χ0n) is 8.46. The molecule has 0 fully saturated rings. The fourth-order valence-corrected chi connectivity index (χ4v) is 1.29. The van der Waals surface area contributed by atoms with E-state index in [0.29, 0.717) is 24.1 Å². The molecule has 0 saturated heterocycles. The molecule has 1 aliphatic heterocycles. The van der Waals surface area contributed by atoms with Gasteiger partial charge in [0.15, 0.2) is 0 Å². The molecule has 0 amide bonds. The molecule has 13 heavy (non-hydrogen) atoms. The molecular weight excluding hydrogens is 166 g/mol. The van der Waals surface area contributed by atoms with Gasteiger partial charge in [-0.3, -0.25) is 0 Å². The van der Waals surface area contributed by atoms with Gasteiger partial charge in [-0.15, -0.1) is 0 Å². The second-order valence-electron chi connectivity index (χ2n) is 3.52. The fourth-order valence-electron chi connectivity index (χ4n) is 1.29. The third-order valence-electron chi connectivity index (χ3n) is 2.44. The minimum Gasteiger partial charge on any atom is -0.461 e. The Hall–Kier alpha value is -0.990. The lowest BCUT2D eigenvalue weighted by atomic mass is 9.92. The first-order valence-corrected chi connectivity index (χ1v) is 4.78. The summed E-state index contributed by atoms with van der Waals surface area (Å²) < 4.78 is 4.90. The second-order valence-corrected chi connectivity index (χ2v) is 3.52. The van der Waals surface area contributed by atoms with Gasteiger partial charge in [-0.2, -0.15) is 0 Å². The number of carbonyl (C=O) groups is 1. The van der Waals surface area contributed by atoms with Gasteiger partial charge in [0, 0.05) is 6.54 Å². The normalized spacial score (nSPS) is 27.5. The first kappa shape index (κ1) is 10.1. The summed E-state index contributed by atoms with van der Waals surface area (Å²) in [6.45, 7) is 7.38.